The molecule has 3 aromatic rings. The fraction of sp³-hybridized carbons (Fsp3) is 0.333. The van der Waals surface area contributed by atoms with Gasteiger partial charge in [0.1, 0.15) is 5.01 Å². The Hall–Kier alpha value is -2.80. The number of aryl methyl sites for hydroxylation is 1. The van der Waals surface area contributed by atoms with Crippen LogP contribution in [0.3, 0.4) is 0 Å². The largest absolute Gasteiger partial charge is 0.457 e. The predicted octanol–water partition coefficient (Wildman–Crippen LogP) is 4.17. The Balaban J connectivity index is 1.58. The number of pyridine rings is 1. The summed E-state index contributed by atoms with van der Waals surface area (Å²) in [6, 6.07) is 5.88. The number of aromatic nitrogens is 3. The summed E-state index contributed by atoms with van der Waals surface area (Å²) in [5.74, 6) is -0.656. The van der Waals surface area contributed by atoms with Crippen LogP contribution in [0.2, 0.25) is 0 Å². The van der Waals surface area contributed by atoms with Gasteiger partial charge in [0.05, 0.1) is 12.1 Å². The molecule has 0 bridgehead atoms. The van der Waals surface area contributed by atoms with Crippen LogP contribution in [0.25, 0.3) is 10.6 Å². The summed E-state index contributed by atoms with van der Waals surface area (Å²) < 4.78 is 7.30. The topological polar surface area (TPSA) is 74.1 Å². The van der Waals surface area contributed by atoms with E-state index in [-0.39, 0.29) is 24.9 Å². The highest BCUT2D eigenvalue weighted by Gasteiger charge is 2.19. The zero-order valence-electron chi connectivity index (χ0n) is 16.4. The van der Waals surface area contributed by atoms with E-state index in [0.717, 1.165) is 22.0 Å². The molecule has 0 aliphatic rings. The Kier molecular flexibility index (Phi) is 6.04. The molecule has 7 heteroatoms. The Morgan fingerprint density at radius 3 is 2.71 bits per heavy atom. The zero-order valence-corrected chi connectivity index (χ0v) is 17.2. The van der Waals surface area contributed by atoms with Crippen molar-refractivity contribution in [2.24, 2.45) is 0 Å². The minimum absolute atomic E-state index is 0.0368. The van der Waals surface area contributed by atoms with Gasteiger partial charge in [-0.25, -0.2) is 4.98 Å². The zero-order chi connectivity index (χ0) is 20.3. The number of ether oxygens (including phenoxy) is 1. The van der Waals surface area contributed by atoms with Crippen molar-refractivity contribution in [1.29, 1.82) is 0 Å². The molecule has 3 aromatic heterocycles. The second-order valence-electron chi connectivity index (χ2n) is 6.89. The number of carbonyl (C=O) groups is 2. The fourth-order valence-corrected chi connectivity index (χ4v) is 4.10. The van der Waals surface area contributed by atoms with Gasteiger partial charge in [0, 0.05) is 46.3 Å². The Labute approximate surface area is 168 Å². The van der Waals surface area contributed by atoms with Gasteiger partial charge >= 0.3 is 5.97 Å². The van der Waals surface area contributed by atoms with Crippen LogP contribution in [0.5, 0.6) is 0 Å². The van der Waals surface area contributed by atoms with Gasteiger partial charge in [-0.05, 0) is 45.9 Å². The smallest absolute Gasteiger partial charge is 0.312 e. The summed E-state index contributed by atoms with van der Waals surface area (Å²) in [5, 5.41) is 2.62. The molecule has 0 aliphatic carbocycles. The van der Waals surface area contributed by atoms with E-state index in [9.17, 15) is 9.59 Å². The normalized spacial score (nSPS) is 11.0. The molecule has 0 saturated carbocycles. The summed E-state index contributed by atoms with van der Waals surface area (Å²) in [6.07, 6.45) is 3.47. The molecular weight excluding hydrogens is 374 g/mol. The van der Waals surface area contributed by atoms with Crippen LogP contribution >= 0.6 is 11.3 Å². The summed E-state index contributed by atoms with van der Waals surface area (Å²) in [4.78, 5) is 33.1. The van der Waals surface area contributed by atoms with E-state index in [1.165, 1.54) is 11.3 Å². The maximum atomic E-state index is 12.5. The second-order valence-corrected chi connectivity index (χ2v) is 7.75. The molecule has 146 valence electrons. The van der Waals surface area contributed by atoms with Crippen LogP contribution in [0.15, 0.2) is 36.0 Å². The average molecular weight is 398 g/mol. The van der Waals surface area contributed by atoms with Gasteiger partial charge < -0.3 is 9.30 Å². The Morgan fingerprint density at radius 2 is 2.07 bits per heavy atom. The molecule has 0 amide bonds. The van der Waals surface area contributed by atoms with E-state index in [4.69, 9.17) is 4.74 Å². The van der Waals surface area contributed by atoms with Gasteiger partial charge in [0.15, 0.2) is 6.61 Å². The lowest BCUT2D eigenvalue weighted by Crippen LogP contribution is -2.16. The number of Topliss-reactive ketones (excluding diaryl/α,β-unsaturated/α-hetero) is 1. The van der Waals surface area contributed by atoms with Gasteiger partial charge in [-0.3, -0.25) is 14.6 Å². The monoisotopic (exact) mass is 397 g/mol. The van der Waals surface area contributed by atoms with Crippen LogP contribution in [0.4, 0.5) is 0 Å². The number of esters is 1. The molecule has 3 heterocycles. The minimum Gasteiger partial charge on any atom is -0.457 e. The van der Waals surface area contributed by atoms with Crippen LogP contribution in [-0.2, 0) is 16.0 Å². The number of rotatable bonds is 7. The summed E-state index contributed by atoms with van der Waals surface area (Å²) in [5.41, 5.74) is 4.05. The highest BCUT2D eigenvalue weighted by molar-refractivity contribution is 7.13. The van der Waals surface area contributed by atoms with Crippen molar-refractivity contribution >= 4 is 23.1 Å². The van der Waals surface area contributed by atoms with Crippen molar-refractivity contribution in [3.8, 4) is 10.6 Å². The van der Waals surface area contributed by atoms with Crippen LogP contribution in [-0.4, -0.2) is 32.9 Å². The fourth-order valence-electron chi connectivity index (χ4n) is 3.29. The first kappa shape index (κ1) is 19.9. The molecule has 0 saturated heterocycles. The van der Waals surface area contributed by atoms with E-state index in [1.54, 1.807) is 12.4 Å². The van der Waals surface area contributed by atoms with E-state index in [0.29, 0.717) is 11.3 Å². The maximum Gasteiger partial charge on any atom is 0.312 e. The lowest BCUT2D eigenvalue weighted by Gasteiger charge is -2.13. The predicted molar refractivity (Wildman–Crippen MR) is 109 cm³/mol. The molecule has 6 nitrogen and oxygen atoms in total. The quantitative estimate of drug-likeness (QED) is 0.442. The van der Waals surface area contributed by atoms with Crippen molar-refractivity contribution < 1.29 is 14.3 Å². The van der Waals surface area contributed by atoms with Crippen molar-refractivity contribution in [2.45, 2.75) is 40.2 Å². The van der Waals surface area contributed by atoms with Crippen molar-refractivity contribution in [1.82, 2.24) is 14.5 Å². The van der Waals surface area contributed by atoms with Crippen LogP contribution in [0.1, 0.15) is 47.3 Å². The third kappa shape index (κ3) is 4.36. The second kappa shape index (κ2) is 8.48. The number of hydrogen-bond donors (Lipinski definition) is 0. The lowest BCUT2D eigenvalue weighted by molar-refractivity contribution is -0.141. The van der Waals surface area contributed by atoms with Gasteiger partial charge in [0.25, 0.3) is 0 Å². The molecule has 0 N–H and O–H groups in total. The third-order valence-corrected chi connectivity index (χ3v) is 5.39. The van der Waals surface area contributed by atoms with Crippen molar-refractivity contribution in [3.63, 3.8) is 0 Å². The molecule has 0 unspecified atom stereocenters. The van der Waals surface area contributed by atoms with E-state index in [2.05, 4.69) is 28.4 Å². The van der Waals surface area contributed by atoms with Crippen molar-refractivity contribution in [3.05, 3.63) is 58.6 Å². The summed E-state index contributed by atoms with van der Waals surface area (Å²) >= 11 is 1.45. The number of carbonyl (C=O) groups excluding carboxylic acids is 2. The molecule has 28 heavy (non-hydrogen) atoms. The average Bonchev–Trinajstić information content (AvgIpc) is 3.24. The minimum atomic E-state index is -0.464. The van der Waals surface area contributed by atoms with E-state index in [1.807, 2.05) is 37.4 Å². The van der Waals surface area contributed by atoms with Gasteiger partial charge in [0.2, 0.25) is 5.78 Å². The van der Waals surface area contributed by atoms with Crippen molar-refractivity contribution in [2.75, 3.05) is 6.61 Å². The van der Waals surface area contributed by atoms with E-state index < -0.39 is 5.97 Å². The van der Waals surface area contributed by atoms with Gasteiger partial charge in [-0.1, -0.05) is 0 Å². The van der Waals surface area contributed by atoms with Gasteiger partial charge in [-0.15, -0.1) is 11.3 Å². The van der Waals surface area contributed by atoms with Gasteiger partial charge in [-0.2, -0.15) is 0 Å². The number of nitrogens with zero attached hydrogens (tertiary/aromatic N) is 3. The molecular formula is C21H23N3O3S. The Morgan fingerprint density at radius 1 is 1.29 bits per heavy atom. The standard InChI is InChI=1S/C21H23N3O3S/c1-13(2)24-14(3)8-18(15(24)4)19(25)11-27-20(26)9-17-12-28-21(23-17)16-6-5-7-22-10-16/h5-8,10,12-13H,9,11H2,1-4H3. The third-order valence-electron chi connectivity index (χ3n) is 4.45. The lowest BCUT2D eigenvalue weighted by atomic mass is 10.1. The molecule has 0 atom stereocenters. The Bertz CT molecular complexity index is 990. The molecule has 0 spiro atoms. The summed E-state index contributed by atoms with van der Waals surface area (Å²) in [6.45, 7) is 7.76. The SMILES string of the molecule is Cc1cc(C(=O)COC(=O)Cc2csc(-c3cccnc3)n2)c(C)n1C(C)C. The summed E-state index contributed by atoms with van der Waals surface area (Å²) in [7, 11) is 0. The number of thiazole rings is 1. The number of hydrogen-bond acceptors (Lipinski definition) is 6. The molecule has 0 fully saturated rings. The van der Waals surface area contributed by atoms with E-state index >= 15 is 0 Å². The number of ketones is 1. The highest BCUT2D eigenvalue weighted by Crippen LogP contribution is 2.23. The first-order valence-corrected chi connectivity index (χ1v) is 9.96. The maximum absolute atomic E-state index is 12.5. The first-order chi connectivity index (χ1) is 13.4. The molecule has 0 aromatic carbocycles. The highest BCUT2D eigenvalue weighted by atomic mass is 32.1. The van der Waals surface area contributed by atoms with Crippen LogP contribution in [0, 0.1) is 13.8 Å². The molecule has 0 aliphatic heterocycles. The first-order valence-electron chi connectivity index (χ1n) is 9.09. The van der Waals surface area contributed by atoms with Crippen LogP contribution < -0.4 is 0 Å². The molecule has 3 rings (SSSR count). The molecule has 0 radical (unpaired) electrons.